The van der Waals surface area contributed by atoms with Crippen LogP contribution < -0.4 is 4.74 Å². The SMILES string of the molecule is COc1ccc(C2CC(c3ccccc3)=NN2C(=O)Cn2cnc(C#N)n2)cc1. The summed E-state index contributed by atoms with van der Waals surface area (Å²) in [6.45, 7) is -0.0487. The average molecular weight is 386 g/mol. The Morgan fingerprint density at radius 2 is 1.97 bits per heavy atom. The van der Waals surface area contributed by atoms with Crippen LogP contribution in [-0.4, -0.2) is 38.5 Å². The van der Waals surface area contributed by atoms with E-state index in [1.165, 1.54) is 16.0 Å². The van der Waals surface area contributed by atoms with Crippen molar-refractivity contribution >= 4 is 11.6 Å². The third kappa shape index (κ3) is 3.84. The van der Waals surface area contributed by atoms with Crippen LogP contribution >= 0.6 is 0 Å². The molecule has 0 saturated carbocycles. The van der Waals surface area contributed by atoms with E-state index in [0.717, 1.165) is 22.6 Å². The van der Waals surface area contributed by atoms with Crippen molar-refractivity contribution < 1.29 is 9.53 Å². The zero-order chi connectivity index (χ0) is 20.2. The average Bonchev–Trinajstić information content (AvgIpc) is 3.41. The van der Waals surface area contributed by atoms with Gasteiger partial charge in [0.05, 0.1) is 18.9 Å². The van der Waals surface area contributed by atoms with Gasteiger partial charge in [-0.05, 0) is 23.3 Å². The molecule has 1 unspecified atom stereocenters. The van der Waals surface area contributed by atoms with Crippen molar-refractivity contribution in [1.82, 2.24) is 19.8 Å². The Labute approximate surface area is 167 Å². The smallest absolute Gasteiger partial charge is 0.265 e. The number of aromatic nitrogens is 3. The molecule has 2 aromatic carbocycles. The highest BCUT2D eigenvalue weighted by Gasteiger charge is 2.33. The van der Waals surface area contributed by atoms with Gasteiger partial charge in [-0.2, -0.15) is 10.4 Å². The van der Waals surface area contributed by atoms with Crippen LogP contribution in [0.1, 0.15) is 29.4 Å². The number of rotatable bonds is 5. The van der Waals surface area contributed by atoms with Gasteiger partial charge >= 0.3 is 0 Å². The van der Waals surface area contributed by atoms with Crippen LogP contribution in [0.15, 0.2) is 66.0 Å². The molecule has 1 aliphatic rings. The Hall–Kier alpha value is -3.99. The monoisotopic (exact) mass is 386 g/mol. The Kier molecular flexibility index (Phi) is 5.03. The van der Waals surface area contributed by atoms with Gasteiger partial charge in [0.25, 0.3) is 11.7 Å². The molecule has 0 saturated heterocycles. The summed E-state index contributed by atoms with van der Waals surface area (Å²) in [5.41, 5.74) is 2.79. The Bertz CT molecular complexity index is 1080. The van der Waals surface area contributed by atoms with Gasteiger partial charge in [-0.25, -0.2) is 14.7 Å². The fraction of sp³-hybridized carbons (Fsp3) is 0.190. The number of hydrazone groups is 1. The predicted molar refractivity (Wildman–Crippen MR) is 105 cm³/mol. The molecule has 144 valence electrons. The van der Waals surface area contributed by atoms with Gasteiger partial charge in [0.2, 0.25) is 0 Å². The van der Waals surface area contributed by atoms with Gasteiger partial charge in [0, 0.05) is 6.42 Å². The number of ether oxygens (including phenoxy) is 1. The number of nitrogens with zero attached hydrogens (tertiary/aromatic N) is 6. The van der Waals surface area contributed by atoms with E-state index in [9.17, 15) is 4.79 Å². The molecular formula is C21H18N6O2. The molecule has 0 spiro atoms. The molecule has 1 amide bonds. The molecule has 4 rings (SSSR count). The van der Waals surface area contributed by atoms with E-state index in [2.05, 4.69) is 15.2 Å². The van der Waals surface area contributed by atoms with E-state index in [4.69, 9.17) is 10.00 Å². The zero-order valence-electron chi connectivity index (χ0n) is 15.8. The van der Waals surface area contributed by atoms with Crippen molar-refractivity contribution in [3.63, 3.8) is 0 Å². The first kappa shape index (κ1) is 18.4. The number of hydrogen-bond donors (Lipinski definition) is 0. The number of carbonyl (C=O) groups is 1. The maximum atomic E-state index is 13.0. The van der Waals surface area contributed by atoms with Gasteiger partial charge in [-0.1, -0.05) is 42.5 Å². The third-order valence-corrected chi connectivity index (χ3v) is 4.71. The molecule has 0 N–H and O–H groups in total. The molecule has 8 heteroatoms. The summed E-state index contributed by atoms with van der Waals surface area (Å²) in [7, 11) is 1.62. The molecule has 1 atom stereocenters. The maximum absolute atomic E-state index is 13.0. The van der Waals surface area contributed by atoms with Crippen LogP contribution in [0.4, 0.5) is 0 Å². The van der Waals surface area contributed by atoms with Crippen LogP contribution in [0.3, 0.4) is 0 Å². The van der Waals surface area contributed by atoms with Gasteiger partial charge in [-0.15, -0.1) is 5.10 Å². The number of benzene rings is 2. The lowest BCUT2D eigenvalue weighted by Gasteiger charge is -2.22. The minimum Gasteiger partial charge on any atom is -0.497 e. The summed E-state index contributed by atoms with van der Waals surface area (Å²) in [5, 5.41) is 19.0. The number of amides is 1. The quantitative estimate of drug-likeness (QED) is 0.671. The summed E-state index contributed by atoms with van der Waals surface area (Å²) in [6.07, 6.45) is 1.97. The molecule has 1 aromatic heterocycles. The van der Waals surface area contributed by atoms with E-state index in [-0.39, 0.29) is 24.3 Å². The first-order valence-electron chi connectivity index (χ1n) is 9.06. The second-order valence-electron chi connectivity index (χ2n) is 6.52. The number of methoxy groups -OCH3 is 1. The molecule has 1 aliphatic heterocycles. The predicted octanol–water partition coefficient (Wildman–Crippen LogP) is 2.54. The summed E-state index contributed by atoms with van der Waals surface area (Å²) in [5.74, 6) is 0.547. The molecule has 2 heterocycles. The molecule has 0 fully saturated rings. The number of nitriles is 1. The molecule has 0 radical (unpaired) electrons. The minimum absolute atomic E-state index is 0.0272. The van der Waals surface area contributed by atoms with Crippen LogP contribution in [0.2, 0.25) is 0 Å². The molecule has 0 aliphatic carbocycles. The second-order valence-corrected chi connectivity index (χ2v) is 6.52. The molecule has 3 aromatic rings. The van der Waals surface area contributed by atoms with Crippen molar-refractivity contribution in [2.24, 2.45) is 5.10 Å². The van der Waals surface area contributed by atoms with Gasteiger partial charge < -0.3 is 4.74 Å². The molecule has 8 nitrogen and oxygen atoms in total. The molecular weight excluding hydrogens is 368 g/mol. The summed E-state index contributed by atoms with van der Waals surface area (Å²) >= 11 is 0. The molecule has 0 bridgehead atoms. The van der Waals surface area contributed by atoms with E-state index < -0.39 is 0 Å². The maximum Gasteiger partial charge on any atom is 0.265 e. The van der Waals surface area contributed by atoms with Crippen LogP contribution in [-0.2, 0) is 11.3 Å². The van der Waals surface area contributed by atoms with Crippen molar-refractivity contribution in [3.05, 3.63) is 77.9 Å². The fourth-order valence-corrected chi connectivity index (χ4v) is 3.26. The molecule has 29 heavy (non-hydrogen) atoms. The Balaban J connectivity index is 1.63. The van der Waals surface area contributed by atoms with Crippen LogP contribution in [0.25, 0.3) is 0 Å². The van der Waals surface area contributed by atoms with Crippen LogP contribution in [0, 0.1) is 11.3 Å². The first-order valence-corrected chi connectivity index (χ1v) is 9.06. The lowest BCUT2D eigenvalue weighted by Crippen LogP contribution is -2.30. The topological polar surface area (TPSA) is 96.4 Å². The highest BCUT2D eigenvalue weighted by Crippen LogP contribution is 2.33. The van der Waals surface area contributed by atoms with Crippen molar-refractivity contribution in [2.45, 2.75) is 19.0 Å². The highest BCUT2D eigenvalue weighted by atomic mass is 16.5. The van der Waals surface area contributed by atoms with E-state index in [1.54, 1.807) is 7.11 Å². The summed E-state index contributed by atoms with van der Waals surface area (Å²) in [4.78, 5) is 16.9. The number of hydrogen-bond acceptors (Lipinski definition) is 6. The zero-order valence-corrected chi connectivity index (χ0v) is 15.8. The summed E-state index contributed by atoms with van der Waals surface area (Å²) < 4.78 is 6.58. The Morgan fingerprint density at radius 3 is 2.62 bits per heavy atom. The Morgan fingerprint density at radius 1 is 1.21 bits per heavy atom. The van der Waals surface area contributed by atoms with Crippen molar-refractivity contribution in [1.29, 1.82) is 5.26 Å². The van der Waals surface area contributed by atoms with E-state index in [1.807, 2.05) is 60.7 Å². The first-order chi connectivity index (χ1) is 14.2. The lowest BCUT2D eigenvalue weighted by molar-refractivity contribution is -0.133. The summed E-state index contributed by atoms with van der Waals surface area (Å²) in [6, 6.07) is 19.0. The van der Waals surface area contributed by atoms with E-state index >= 15 is 0 Å². The van der Waals surface area contributed by atoms with Crippen molar-refractivity contribution in [3.8, 4) is 11.8 Å². The standard InChI is InChI=1S/C21H18N6O2/c1-29-17-9-7-16(8-10-17)19-11-18(15-5-3-2-4-6-15)24-27(19)21(28)13-26-14-23-20(12-22)25-26/h2-10,14,19H,11,13H2,1H3. The lowest BCUT2D eigenvalue weighted by atomic mass is 9.98. The van der Waals surface area contributed by atoms with Crippen molar-refractivity contribution in [2.75, 3.05) is 7.11 Å². The normalized spacial score (nSPS) is 15.7. The largest absolute Gasteiger partial charge is 0.497 e. The van der Waals surface area contributed by atoms with Gasteiger partial charge in [0.1, 0.15) is 24.7 Å². The highest BCUT2D eigenvalue weighted by molar-refractivity contribution is 6.03. The minimum atomic E-state index is -0.234. The van der Waals surface area contributed by atoms with Gasteiger partial charge in [-0.3, -0.25) is 4.79 Å². The van der Waals surface area contributed by atoms with E-state index in [0.29, 0.717) is 6.42 Å². The second kappa shape index (κ2) is 7.94. The third-order valence-electron chi connectivity index (χ3n) is 4.71. The number of carbonyl (C=O) groups excluding carboxylic acids is 1. The fourth-order valence-electron chi connectivity index (χ4n) is 3.26. The van der Waals surface area contributed by atoms with Gasteiger partial charge in [0.15, 0.2) is 0 Å². The van der Waals surface area contributed by atoms with Crippen LogP contribution in [0.5, 0.6) is 5.75 Å².